The molecule has 1 N–H and O–H groups in total. The van der Waals surface area contributed by atoms with E-state index < -0.39 is 0 Å². The van der Waals surface area contributed by atoms with Crippen LogP contribution in [0.25, 0.3) is 0 Å². The van der Waals surface area contributed by atoms with E-state index in [9.17, 15) is 9.59 Å². The summed E-state index contributed by atoms with van der Waals surface area (Å²) in [6.07, 6.45) is 6.00. The van der Waals surface area contributed by atoms with Gasteiger partial charge in [-0.1, -0.05) is 6.07 Å². The van der Waals surface area contributed by atoms with Crippen molar-refractivity contribution in [1.29, 1.82) is 0 Å². The highest BCUT2D eigenvalue weighted by atomic mass is 16.5. The van der Waals surface area contributed by atoms with Crippen LogP contribution in [0, 0.1) is 0 Å². The lowest BCUT2D eigenvalue weighted by Gasteiger charge is -2.41. The van der Waals surface area contributed by atoms with Gasteiger partial charge in [-0.3, -0.25) is 14.5 Å². The highest BCUT2D eigenvalue weighted by Gasteiger charge is 2.36. The molecular formula is C23H33N3O3. The van der Waals surface area contributed by atoms with E-state index in [4.69, 9.17) is 4.74 Å². The topological polar surface area (TPSA) is 61.9 Å². The van der Waals surface area contributed by atoms with Crippen LogP contribution in [0.5, 0.6) is 0 Å². The molecule has 0 bridgehead atoms. The molecule has 0 saturated carbocycles. The zero-order valence-corrected chi connectivity index (χ0v) is 17.6. The molecule has 0 radical (unpaired) electrons. The first-order chi connectivity index (χ1) is 14.0. The fraction of sp³-hybridized carbons (Fsp3) is 0.652. The number of anilines is 1. The highest BCUT2D eigenvalue weighted by molar-refractivity contribution is 5.98. The van der Waals surface area contributed by atoms with E-state index in [1.165, 1.54) is 12.8 Å². The number of hydrogen-bond donors (Lipinski definition) is 1. The Morgan fingerprint density at radius 3 is 2.59 bits per heavy atom. The van der Waals surface area contributed by atoms with E-state index in [2.05, 4.69) is 24.1 Å². The number of nitrogens with one attached hydrogen (secondary N) is 1. The number of benzene rings is 1. The Morgan fingerprint density at radius 1 is 1.07 bits per heavy atom. The molecule has 1 aromatic carbocycles. The molecule has 2 amide bonds. The van der Waals surface area contributed by atoms with Gasteiger partial charge in [-0.25, -0.2) is 0 Å². The summed E-state index contributed by atoms with van der Waals surface area (Å²) in [4.78, 5) is 30.1. The zero-order chi connectivity index (χ0) is 20.4. The predicted molar refractivity (Wildman–Crippen MR) is 113 cm³/mol. The summed E-state index contributed by atoms with van der Waals surface area (Å²) in [5, 5.41) is 2.90. The first-order valence-electron chi connectivity index (χ1n) is 11.1. The molecule has 3 saturated heterocycles. The Hall–Kier alpha value is -1.92. The average Bonchev–Trinajstić information content (AvgIpc) is 3.38. The minimum Gasteiger partial charge on any atom is -0.368 e. The molecule has 4 atom stereocenters. The van der Waals surface area contributed by atoms with E-state index in [0.717, 1.165) is 38.8 Å². The number of carbonyl (C=O) groups excluding carboxylic acids is 2. The molecule has 6 nitrogen and oxygen atoms in total. The quantitative estimate of drug-likeness (QED) is 0.844. The Bertz CT molecular complexity index is 737. The van der Waals surface area contributed by atoms with Gasteiger partial charge in [0.25, 0.3) is 11.8 Å². The first kappa shape index (κ1) is 20.4. The maximum Gasteiger partial charge on any atom is 0.253 e. The number of piperidine rings is 1. The standard InChI is InChI=1S/C23H33N3O3/c1-16-10-11-17(2)26(16)20-8-4-12-25(15-20)23(28)18-6-3-7-19(14-18)24-22(27)21-9-5-13-29-21/h3,6-7,14,16-17,20-21H,4-5,8-13,15H2,1-2H3,(H,24,27)/t16-,17+,20-,21-/m1/s1. The fourth-order valence-electron chi connectivity index (χ4n) is 5.24. The van der Waals surface area contributed by atoms with Crippen molar-refractivity contribution in [3.8, 4) is 0 Å². The zero-order valence-electron chi connectivity index (χ0n) is 17.6. The maximum atomic E-state index is 13.2. The molecule has 0 unspecified atom stereocenters. The highest BCUT2D eigenvalue weighted by Crippen LogP contribution is 2.30. The number of nitrogens with zero attached hydrogens (tertiary/aromatic N) is 2. The second-order valence-electron chi connectivity index (χ2n) is 8.84. The number of carbonyl (C=O) groups is 2. The van der Waals surface area contributed by atoms with Crippen LogP contribution in [0.3, 0.4) is 0 Å². The van der Waals surface area contributed by atoms with Crippen LogP contribution in [0.15, 0.2) is 24.3 Å². The Morgan fingerprint density at radius 2 is 1.86 bits per heavy atom. The fourth-order valence-corrected chi connectivity index (χ4v) is 5.24. The van der Waals surface area contributed by atoms with Crippen molar-refractivity contribution in [3.05, 3.63) is 29.8 Å². The number of amides is 2. The molecule has 6 heteroatoms. The normalized spacial score (nSPS) is 30.5. The summed E-state index contributed by atoms with van der Waals surface area (Å²) in [5.41, 5.74) is 1.30. The number of rotatable bonds is 4. The number of ether oxygens (including phenoxy) is 1. The molecule has 0 aliphatic carbocycles. The molecular weight excluding hydrogens is 366 g/mol. The molecule has 0 aromatic heterocycles. The van der Waals surface area contributed by atoms with E-state index in [1.54, 1.807) is 6.07 Å². The van der Waals surface area contributed by atoms with Gasteiger partial charge in [-0.2, -0.15) is 0 Å². The molecule has 0 spiro atoms. The van der Waals surface area contributed by atoms with Crippen molar-refractivity contribution in [3.63, 3.8) is 0 Å². The lowest BCUT2D eigenvalue weighted by Crippen LogP contribution is -2.52. The minimum atomic E-state index is -0.373. The summed E-state index contributed by atoms with van der Waals surface area (Å²) in [5.74, 6) is -0.0652. The van der Waals surface area contributed by atoms with Crippen molar-refractivity contribution in [2.45, 2.75) is 76.6 Å². The molecule has 29 heavy (non-hydrogen) atoms. The third-order valence-electron chi connectivity index (χ3n) is 6.72. The summed E-state index contributed by atoms with van der Waals surface area (Å²) in [6.45, 7) is 6.86. The van der Waals surface area contributed by atoms with Gasteiger partial charge in [0, 0.05) is 49.1 Å². The predicted octanol–water partition coefficient (Wildman–Crippen LogP) is 3.28. The lowest BCUT2D eigenvalue weighted by molar-refractivity contribution is -0.124. The van der Waals surface area contributed by atoms with Gasteiger partial charge >= 0.3 is 0 Å². The van der Waals surface area contributed by atoms with Crippen LogP contribution < -0.4 is 5.32 Å². The van der Waals surface area contributed by atoms with Crippen LogP contribution in [0.4, 0.5) is 5.69 Å². The first-order valence-corrected chi connectivity index (χ1v) is 11.1. The Balaban J connectivity index is 1.41. The second-order valence-corrected chi connectivity index (χ2v) is 8.84. The molecule has 3 fully saturated rings. The van der Waals surface area contributed by atoms with E-state index in [0.29, 0.717) is 36.0 Å². The van der Waals surface area contributed by atoms with Crippen LogP contribution in [-0.4, -0.2) is 65.5 Å². The van der Waals surface area contributed by atoms with Crippen LogP contribution in [0.2, 0.25) is 0 Å². The second kappa shape index (κ2) is 8.84. The van der Waals surface area contributed by atoms with Gasteiger partial charge in [0.15, 0.2) is 0 Å². The van der Waals surface area contributed by atoms with Crippen molar-refractivity contribution in [2.24, 2.45) is 0 Å². The number of likely N-dealkylation sites (tertiary alicyclic amines) is 2. The van der Waals surface area contributed by atoms with Crippen LogP contribution in [0.1, 0.15) is 62.7 Å². The van der Waals surface area contributed by atoms with Crippen LogP contribution >= 0.6 is 0 Å². The third-order valence-corrected chi connectivity index (χ3v) is 6.72. The van der Waals surface area contributed by atoms with E-state index in [1.807, 2.05) is 23.1 Å². The summed E-state index contributed by atoms with van der Waals surface area (Å²) in [7, 11) is 0. The minimum absolute atomic E-state index is 0.0578. The van der Waals surface area contributed by atoms with Crippen LogP contribution in [-0.2, 0) is 9.53 Å². The Kier molecular flexibility index (Phi) is 6.20. The SMILES string of the molecule is C[C@@H]1CC[C@H](C)N1[C@@H]1CCCN(C(=O)c2cccc(NC(=O)[C@H]3CCCO3)c2)C1. The monoisotopic (exact) mass is 399 g/mol. The molecule has 3 aliphatic heterocycles. The third kappa shape index (κ3) is 4.48. The lowest BCUT2D eigenvalue weighted by atomic mass is 10.0. The number of hydrogen-bond acceptors (Lipinski definition) is 4. The van der Waals surface area contributed by atoms with E-state index in [-0.39, 0.29) is 17.9 Å². The summed E-state index contributed by atoms with van der Waals surface area (Å²) >= 11 is 0. The average molecular weight is 400 g/mol. The van der Waals surface area contributed by atoms with Crippen molar-refractivity contribution >= 4 is 17.5 Å². The molecule has 3 aliphatic rings. The molecule has 158 valence electrons. The summed E-state index contributed by atoms with van der Waals surface area (Å²) in [6, 6.07) is 8.94. The van der Waals surface area contributed by atoms with Gasteiger partial charge < -0.3 is 15.0 Å². The maximum absolute atomic E-state index is 13.2. The molecule has 3 heterocycles. The van der Waals surface area contributed by atoms with Crippen molar-refractivity contribution < 1.29 is 14.3 Å². The smallest absolute Gasteiger partial charge is 0.253 e. The van der Waals surface area contributed by atoms with Crippen molar-refractivity contribution in [2.75, 3.05) is 25.0 Å². The van der Waals surface area contributed by atoms with Gasteiger partial charge in [-0.05, 0) is 70.6 Å². The van der Waals surface area contributed by atoms with Gasteiger partial charge in [0.2, 0.25) is 0 Å². The van der Waals surface area contributed by atoms with E-state index >= 15 is 0 Å². The van der Waals surface area contributed by atoms with Gasteiger partial charge in [0.1, 0.15) is 6.10 Å². The molecule has 1 aromatic rings. The van der Waals surface area contributed by atoms with Crippen molar-refractivity contribution in [1.82, 2.24) is 9.80 Å². The summed E-state index contributed by atoms with van der Waals surface area (Å²) < 4.78 is 5.45. The van der Waals surface area contributed by atoms with Gasteiger partial charge in [0.05, 0.1) is 0 Å². The Labute approximate surface area is 173 Å². The molecule has 4 rings (SSSR count). The van der Waals surface area contributed by atoms with Gasteiger partial charge in [-0.15, -0.1) is 0 Å². The largest absolute Gasteiger partial charge is 0.368 e.